The van der Waals surface area contributed by atoms with E-state index in [1.807, 2.05) is 0 Å². The van der Waals surface area contributed by atoms with Crippen molar-refractivity contribution in [2.45, 2.75) is 32.2 Å². The van der Waals surface area contributed by atoms with Crippen LogP contribution in [-0.4, -0.2) is 30.8 Å². The molecule has 116 valence electrons. The molecule has 2 rings (SSSR count). The molecule has 21 heavy (non-hydrogen) atoms. The van der Waals surface area contributed by atoms with Gasteiger partial charge in [0, 0.05) is 19.2 Å². The van der Waals surface area contributed by atoms with E-state index in [0.717, 1.165) is 11.8 Å². The zero-order chi connectivity index (χ0) is 15.5. The predicted molar refractivity (Wildman–Crippen MR) is 80.9 cm³/mol. The van der Waals surface area contributed by atoms with Crippen molar-refractivity contribution in [2.24, 2.45) is 0 Å². The van der Waals surface area contributed by atoms with Crippen LogP contribution in [0.2, 0.25) is 0 Å². The van der Waals surface area contributed by atoms with Crippen LogP contribution < -0.4 is 9.47 Å². The first-order valence-corrected chi connectivity index (χ1v) is 7.86. The maximum absolute atomic E-state index is 11.9. The van der Waals surface area contributed by atoms with Crippen molar-refractivity contribution in [3.63, 3.8) is 0 Å². The van der Waals surface area contributed by atoms with Gasteiger partial charge in [0.2, 0.25) is 5.79 Å². The monoisotopic (exact) mass is 358 g/mol. The molecular formula is C15H19BrO5. The summed E-state index contributed by atoms with van der Waals surface area (Å²) in [4.78, 5) is 11.9. The van der Waals surface area contributed by atoms with E-state index < -0.39 is 17.9 Å². The molecule has 1 saturated heterocycles. The minimum absolute atomic E-state index is 0.394. The maximum atomic E-state index is 11.9. The minimum Gasteiger partial charge on any atom is -0.493 e. The molecular weight excluding hydrogens is 340 g/mol. The second-order valence-electron chi connectivity index (χ2n) is 5.12. The summed E-state index contributed by atoms with van der Waals surface area (Å²) in [5.41, 5.74) is 0.690. The number of ether oxygens (including phenoxy) is 4. The van der Waals surface area contributed by atoms with Crippen LogP contribution >= 0.6 is 15.9 Å². The summed E-state index contributed by atoms with van der Waals surface area (Å²) in [5.74, 6) is -0.0777. The van der Waals surface area contributed by atoms with Crippen LogP contribution in [-0.2, 0) is 14.3 Å². The van der Waals surface area contributed by atoms with Gasteiger partial charge >= 0.3 is 5.97 Å². The summed E-state index contributed by atoms with van der Waals surface area (Å²) in [6, 6.07) is 5.32. The highest BCUT2D eigenvalue weighted by Crippen LogP contribution is 2.37. The zero-order valence-electron chi connectivity index (χ0n) is 12.3. The lowest BCUT2D eigenvalue weighted by Gasteiger charge is -2.16. The number of rotatable bonds is 6. The molecule has 0 radical (unpaired) electrons. The van der Waals surface area contributed by atoms with Crippen molar-refractivity contribution in [2.75, 3.05) is 19.0 Å². The van der Waals surface area contributed by atoms with Crippen molar-refractivity contribution in [1.29, 1.82) is 0 Å². The SMILES string of the molecule is COc1cc(C2OC(C)(C)OC2=O)ccc1OCCCBr. The Bertz CT molecular complexity index is 515. The molecule has 1 unspecified atom stereocenters. The van der Waals surface area contributed by atoms with Gasteiger partial charge in [-0.3, -0.25) is 0 Å². The normalized spacial score (nSPS) is 20.2. The fraction of sp³-hybridized carbons (Fsp3) is 0.533. The van der Waals surface area contributed by atoms with Gasteiger partial charge in [0.15, 0.2) is 17.6 Å². The van der Waals surface area contributed by atoms with Gasteiger partial charge in [0.1, 0.15) is 0 Å². The molecule has 6 heteroatoms. The van der Waals surface area contributed by atoms with Crippen LogP contribution in [0.1, 0.15) is 31.9 Å². The number of benzene rings is 1. The Balaban J connectivity index is 2.17. The van der Waals surface area contributed by atoms with E-state index in [1.165, 1.54) is 0 Å². The lowest BCUT2D eigenvalue weighted by atomic mass is 10.1. The fourth-order valence-electron chi connectivity index (χ4n) is 2.06. The van der Waals surface area contributed by atoms with Gasteiger partial charge in [-0.05, 0) is 24.1 Å². The standard InChI is InChI=1S/C15H19BrO5/c1-15(2)20-13(14(17)21-15)10-5-6-11(12(9-10)18-3)19-8-4-7-16/h5-6,9,13H,4,7-8H2,1-3H3. The van der Waals surface area contributed by atoms with Crippen LogP contribution in [0.5, 0.6) is 11.5 Å². The summed E-state index contributed by atoms with van der Waals surface area (Å²) in [6.07, 6.45) is 0.169. The lowest BCUT2D eigenvalue weighted by Crippen LogP contribution is -2.20. The Morgan fingerprint density at radius 1 is 1.33 bits per heavy atom. The van der Waals surface area contributed by atoms with Gasteiger partial charge in [-0.1, -0.05) is 22.0 Å². The summed E-state index contributed by atoms with van der Waals surface area (Å²) in [5, 5.41) is 0.879. The highest BCUT2D eigenvalue weighted by molar-refractivity contribution is 9.09. The summed E-state index contributed by atoms with van der Waals surface area (Å²) < 4.78 is 21.7. The quantitative estimate of drug-likeness (QED) is 0.444. The van der Waals surface area contributed by atoms with Crippen LogP contribution in [0.15, 0.2) is 18.2 Å². The average molecular weight is 359 g/mol. The van der Waals surface area contributed by atoms with Crippen LogP contribution in [0.25, 0.3) is 0 Å². The van der Waals surface area contributed by atoms with Crippen molar-refractivity contribution in [3.8, 4) is 11.5 Å². The van der Waals surface area contributed by atoms with Crippen LogP contribution in [0, 0.1) is 0 Å². The van der Waals surface area contributed by atoms with Gasteiger partial charge in [0.25, 0.3) is 0 Å². The number of hydrogen-bond acceptors (Lipinski definition) is 5. The number of alkyl halides is 1. The van der Waals surface area contributed by atoms with Gasteiger partial charge in [-0.15, -0.1) is 0 Å². The number of halogens is 1. The molecule has 1 heterocycles. The lowest BCUT2D eigenvalue weighted by molar-refractivity contribution is -0.160. The maximum Gasteiger partial charge on any atom is 0.342 e. The van der Waals surface area contributed by atoms with Gasteiger partial charge in [-0.25, -0.2) is 4.79 Å². The molecule has 5 nitrogen and oxygen atoms in total. The predicted octanol–water partition coefficient (Wildman–Crippen LogP) is 3.21. The number of cyclic esters (lactones) is 1. The molecule has 1 aliphatic heterocycles. The molecule has 0 amide bonds. The Kier molecular flexibility index (Phi) is 5.11. The summed E-state index contributed by atoms with van der Waals surface area (Å²) >= 11 is 3.35. The molecule has 0 saturated carbocycles. The zero-order valence-corrected chi connectivity index (χ0v) is 13.9. The largest absolute Gasteiger partial charge is 0.493 e. The molecule has 1 fully saturated rings. The van der Waals surface area contributed by atoms with E-state index in [-0.39, 0.29) is 0 Å². The second kappa shape index (κ2) is 6.66. The highest BCUT2D eigenvalue weighted by Gasteiger charge is 2.42. The van der Waals surface area contributed by atoms with Gasteiger partial charge in [-0.2, -0.15) is 0 Å². The first-order chi connectivity index (χ1) is 9.96. The molecule has 1 aliphatic rings. The molecule has 0 bridgehead atoms. The first-order valence-electron chi connectivity index (χ1n) is 6.74. The van der Waals surface area contributed by atoms with Crippen molar-refractivity contribution in [1.82, 2.24) is 0 Å². The minimum atomic E-state index is -0.903. The molecule has 1 aromatic rings. The number of carbonyl (C=O) groups excluding carboxylic acids is 1. The third kappa shape index (κ3) is 3.89. The van der Waals surface area contributed by atoms with Gasteiger partial charge < -0.3 is 18.9 Å². The molecule has 0 N–H and O–H groups in total. The van der Waals surface area contributed by atoms with E-state index >= 15 is 0 Å². The molecule has 1 aromatic carbocycles. The van der Waals surface area contributed by atoms with E-state index in [2.05, 4.69) is 15.9 Å². The second-order valence-corrected chi connectivity index (χ2v) is 5.91. The Morgan fingerprint density at radius 3 is 2.67 bits per heavy atom. The summed E-state index contributed by atoms with van der Waals surface area (Å²) in [6.45, 7) is 4.01. The van der Waals surface area contributed by atoms with Crippen molar-refractivity contribution >= 4 is 21.9 Å². The highest BCUT2D eigenvalue weighted by atomic mass is 79.9. The molecule has 0 aliphatic carbocycles. The molecule has 1 atom stereocenters. The van der Waals surface area contributed by atoms with E-state index in [9.17, 15) is 4.79 Å². The van der Waals surface area contributed by atoms with Crippen LogP contribution in [0.3, 0.4) is 0 Å². The number of hydrogen-bond donors (Lipinski definition) is 0. The average Bonchev–Trinajstić information content (AvgIpc) is 2.72. The number of esters is 1. The van der Waals surface area contributed by atoms with Crippen molar-refractivity contribution in [3.05, 3.63) is 23.8 Å². The Morgan fingerprint density at radius 2 is 2.10 bits per heavy atom. The number of methoxy groups -OCH3 is 1. The van der Waals surface area contributed by atoms with E-state index in [1.54, 1.807) is 39.2 Å². The smallest absolute Gasteiger partial charge is 0.342 e. The van der Waals surface area contributed by atoms with Crippen molar-refractivity contribution < 1.29 is 23.7 Å². The third-order valence-electron chi connectivity index (χ3n) is 2.99. The Hall–Kier alpha value is -1.27. The number of carbonyl (C=O) groups is 1. The summed E-state index contributed by atoms with van der Waals surface area (Å²) in [7, 11) is 1.56. The fourth-order valence-corrected chi connectivity index (χ4v) is 2.29. The molecule has 0 spiro atoms. The third-order valence-corrected chi connectivity index (χ3v) is 3.55. The van der Waals surface area contributed by atoms with E-state index in [0.29, 0.717) is 23.7 Å². The van der Waals surface area contributed by atoms with Gasteiger partial charge in [0.05, 0.1) is 13.7 Å². The molecule has 0 aromatic heterocycles. The van der Waals surface area contributed by atoms with Crippen LogP contribution in [0.4, 0.5) is 0 Å². The van der Waals surface area contributed by atoms with E-state index in [4.69, 9.17) is 18.9 Å². The topological polar surface area (TPSA) is 54.0 Å². The first kappa shape index (κ1) is 16.1. The Labute approximate surface area is 132 Å².